The van der Waals surface area contributed by atoms with Crippen molar-refractivity contribution in [3.63, 3.8) is 0 Å². The van der Waals surface area contributed by atoms with E-state index in [0.717, 1.165) is 50.5 Å². The van der Waals surface area contributed by atoms with Gasteiger partial charge in [0.05, 0.1) is 18.2 Å². The van der Waals surface area contributed by atoms with E-state index < -0.39 is 0 Å². The lowest BCUT2D eigenvalue weighted by Gasteiger charge is -2.34. The number of nitrogens with one attached hydrogen (secondary N) is 3. The van der Waals surface area contributed by atoms with Crippen molar-refractivity contribution < 1.29 is 0 Å². The van der Waals surface area contributed by atoms with E-state index in [1.807, 2.05) is 0 Å². The van der Waals surface area contributed by atoms with Crippen LogP contribution in [-0.2, 0) is 0 Å². The predicted octanol–water partition coefficient (Wildman–Crippen LogP) is 13.3. The van der Waals surface area contributed by atoms with Crippen molar-refractivity contribution in [3.05, 3.63) is 214 Å². The van der Waals surface area contributed by atoms with Crippen molar-refractivity contribution >= 4 is 28.7 Å². The van der Waals surface area contributed by atoms with E-state index in [-0.39, 0.29) is 18.2 Å². The Morgan fingerprint density at radius 2 is 1.67 bits per heavy atom. The summed E-state index contributed by atoms with van der Waals surface area (Å²) in [4.78, 5) is 4.13. The van der Waals surface area contributed by atoms with Crippen LogP contribution in [0.4, 0.5) is 5.69 Å². The number of para-hydroxylation sites is 1. The molecule has 0 amide bonds. The third kappa shape index (κ3) is 7.11. The minimum atomic E-state index is 0.0268. The topological polar surface area (TPSA) is 39.3 Å². The Morgan fingerprint density at radius 1 is 0.797 bits per heavy atom. The van der Waals surface area contributed by atoms with Crippen LogP contribution in [0.3, 0.4) is 0 Å². The van der Waals surface area contributed by atoms with Crippen molar-refractivity contribution in [1.29, 1.82) is 0 Å². The first-order valence-electron chi connectivity index (χ1n) is 24.2. The second kappa shape index (κ2) is 16.8. The molecule has 4 heterocycles. The number of rotatable bonds is 7. The molecule has 3 aromatic rings. The molecule has 3 N–H and O–H groups in total. The maximum absolute atomic E-state index is 4.84. The van der Waals surface area contributed by atoms with E-state index in [4.69, 9.17) is 6.58 Å². The van der Waals surface area contributed by atoms with Gasteiger partial charge in [-0.25, -0.2) is 0 Å². The molecule has 9 aliphatic rings. The van der Waals surface area contributed by atoms with Crippen LogP contribution in [0.15, 0.2) is 197 Å². The van der Waals surface area contributed by atoms with Crippen LogP contribution in [0.5, 0.6) is 0 Å². The van der Waals surface area contributed by atoms with Gasteiger partial charge in [0.25, 0.3) is 0 Å². The van der Waals surface area contributed by atoms with Gasteiger partial charge in [-0.2, -0.15) is 0 Å². The summed E-state index contributed by atoms with van der Waals surface area (Å²) in [5, 5.41) is 13.1. The predicted molar refractivity (Wildman–Crippen MR) is 268 cm³/mol. The van der Waals surface area contributed by atoms with Gasteiger partial charge in [-0.15, -0.1) is 11.8 Å². The molecule has 0 saturated carbocycles. The molecule has 3 aromatic carbocycles. The molecule has 0 fully saturated rings. The summed E-state index contributed by atoms with van der Waals surface area (Å²) in [7, 11) is 0. The number of fused-ring (bicyclic) bond motifs is 5. The van der Waals surface area contributed by atoms with Crippen LogP contribution in [0.2, 0.25) is 0 Å². The Balaban J connectivity index is 0.946. The first kappa shape index (κ1) is 40.1. The molecule has 5 aliphatic carbocycles. The number of benzene rings is 3. The summed E-state index contributed by atoms with van der Waals surface area (Å²) < 4.78 is 0. The maximum atomic E-state index is 4.84. The molecule has 64 heavy (non-hydrogen) atoms. The highest BCUT2D eigenvalue weighted by atomic mass is 32.2. The van der Waals surface area contributed by atoms with Gasteiger partial charge in [-0.3, -0.25) is 5.32 Å². The number of allylic oxidation sites excluding steroid dienone is 12. The van der Waals surface area contributed by atoms with Crippen molar-refractivity contribution in [2.24, 2.45) is 17.8 Å². The van der Waals surface area contributed by atoms with Crippen LogP contribution in [0.1, 0.15) is 98.9 Å². The molecule has 9 atom stereocenters. The lowest BCUT2D eigenvalue weighted by Crippen LogP contribution is -2.50. The zero-order valence-electron chi connectivity index (χ0n) is 37.1. The lowest BCUT2D eigenvalue weighted by atomic mass is 9.77. The van der Waals surface area contributed by atoms with E-state index in [1.54, 1.807) is 11.3 Å². The van der Waals surface area contributed by atoms with Gasteiger partial charge in [-0.05, 0) is 126 Å². The van der Waals surface area contributed by atoms with Crippen LogP contribution in [0, 0.1) is 17.8 Å². The Morgan fingerprint density at radius 3 is 2.53 bits per heavy atom. The Hall–Kier alpha value is -5.49. The highest BCUT2D eigenvalue weighted by Gasteiger charge is 2.48. The number of hydrogen-bond donors (Lipinski definition) is 3. The van der Waals surface area contributed by atoms with Crippen LogP contribution in [-0.4, -0.2) is 23.5 Å². The van der Waals surface area contributed by atoms with Gasteiger partial charge in [0.1, 0.15) is 0 Å². The van der Waals surface area contributed by atoms with Crippen LogP contribution in [0.25, 0.3) is 11.3 Å². The second-order valence-corrected chi connectivity index (χ2v) is 20.8. The van der Waals surface area contributed by atoms with E-state index in [1.165, 1.54) is 73.8 Å². The van der Waals surface area contributed by atoms with Gasteiger partial charge in [0.2, 0.25) is 0 Å². The standard InChI is InChI=1S/C59H60N4S/c1-37-18-12-13-25-43(37)59-61-51(32-38(2)57(62-59)40-21-8-4-9-22-40)50-35-52(45-27-15-14-26-44(45)39-19-6-3-7-20-39)60-58(50)41-30-31-55-48(33-41)49-34-47-46-28-16-17-29-53(46)63(42-23-10-5-11-24-42)54(47)36-56(49)64-55/h4-6,8-11,14-17,19-21,23-33,37,40,46,49,52-53,56-57,59-62H,2-3,7,12-13,18,22,34-36H2,1H3. The highest BCUT2D eigenvalue weighted by molar-refractivity contribution is 8.00. The minimum absolute atomic E-state index is 0.0268. The summed E-state index contributed by atoms with van der Waals surface area (Å²) >= 11 is 2.12. The molecule has 0 radical (unpaired) electrons. The molecule has 4 nitrogen and oxygen atoms in total. The summed E-state index contributed by atoms with van der Waals surface area (Å²) in [6.45, 7) is 7.26. The van der Waals surface area contributed by atoms with Gasteiger partial charge < -0.3 is 15.5 Å². The van der Waals surface area contributed by atoms with Crippen LogP contribution >= 0.6 is 11.8 Å². The monoisotopic (exact) mass is 856 g/mol. The van der Waals surface area contributed by atoms with Gasteiger partial charge >= 0.3 is 0 Å². The molecule has 0 spiro atoms. The molecule has 322 valence electrons. The summed E-state index contributed by atoms with van der Waals surface area (Å²) in [5.74, 6) is 1.78. The molecular weight excluding hydrogens is 797 g/mol. The molecule has 0 bridgehead atoms. The fraction of sp³-hybridized carbons (Fsp3) is 0.322. The number of thioether (sulfide) groups is 1. The third-order valence-corrected chi connectivity index (χ3v) is 17.1. The van der Waals surface area contributed by atoms with E-state index in [9.17, 15) is 0 Å². The zero-order chi connectivity index (χ0) is 42.7. The number of anilines is 1. The van der Waals surface area contributed by atoms with E-state index in [0.29, 0.717) is 35.0 Å². The first-order valence-corrected chi connectivity index (χ1v) is 25.1. The zero-order valence-corrected chi connectivity index (χ0v) is 37.9. The normalized spacial score (nSPS) is 31.4. The van der Waals surface area contributed by atoms with Crippen molar-refractivity contribution in [2.75, 3.05) is 4.90 Å². The molecule has 4 aliphatic heterocycles. The maximum Gasteiger partial charge on any atom is 0.0998 e. The minimum Gasteiger partial charge on any atom is -0.377 e. The smallest absolute Gasteiger partial charge is 0.0998 e. The third-order valence-electron chi connectivity index (χ3n) is 15.7. The Labute approximate surface area is 384 Å². The number of hydrogen-bond acceptors (Lipinski definition) is 5. The van der Waals surface area contributed by atoms with Crippen molar-refractivity contribution in [1.82, 2.24) is 16.0 Å². The van der Waals surface area contributed by atoms with Gasteiger partial charge in [0.15, 0.2) is 0 Å². The fourth-order valence-electron chi connectivity index (χ4n) is 12.5. The largest absolute Gasteiger partial charge is 0.377 e. The average Bonchev–Trinajstić information content (AvgIpc) is 4.01. The van der Waals surface area contributed by atoms with Gasteiger partial charge in [0, 0.05) is 75.1 Å². The molecule has 5 heteroatoms. The first-order chi connectivity index (χ1) is 31.6. The molecule has 0 saturated heterocycles. The van der Waals surface area contributed by atoms with Crippen LogP contribution < -0.4 is 20.9 Å². The van der Waals surface area contributed by atoms with Crippen molar-refractivity contribution in [2.45, 2.75) is 105 Å². The molecule has 0 aromatic heterocycles. The average molecular weight is 857 g/mol. The molecule has 12 rings (SSSR count). The Kier molecular flexibility index (Phi) is 10.5. The number of nitrogens with zero attached hydrogens (tertiary/aromatic N) is 1. The summed E-state index contributed by atoms with van der Waals surface area (Å²) in [6.07, 6.45) is 40.5. The lowest BCUT2D eigenvalue weighted by molar-refractivity contribution is 0.376. The SMILES string of the molecule is C=C1C=C(C2=C(c3ccc4c(c3)C3CC5=C(CC3S4)N(c3ccccc3)C3C=CC=CC53)NC(c3ccccc3C3=CCCC=C3)C2)NC(C2=CCCCC2C)NC1C1C=CC=CC1. The quantitative estimate of drug-likeness (QED) is 0.207. The summed E-state index contributed by atoms with van der Waals surface area (Å²) in [5.41, 5.74) is 17.9. The van der Waals surface area contributed by atoms with Crippen molar-refractivity contribution in [3.8, 4) is 0 Å². The van der Waals surface area contributed by atoms with E-state index >= 15 is 0 Å². The summed E-state index contributed by atoms with van der Waals surface area (Å²) in [6, 6.07) is 28.3. The molecule has 9 unspecified atom stereocenters. The Bertz CT molecular complexity index is 2700. The second-order valence-electron chi connectivity index (χ2n) is 19.5. The van der Waals surface area contributed by atoms with Gasteiger partial charge in [-0.1, -0.05) is 135 Å². The highest BCUT2D eigenvalue weighted by Crippen LogP contribution is 2.58. The molecular formula is C59H60N4S. The fourth-order valence-corrected chi connectivity index (χ4v) is 14.0. The van der Waals surface area contributed by atoms with E-state index in [2.05, 4.69) is 191 Å².